The first-order chi connectivity index (χ1) is 8.59. The van der Waals surface area contributed by atoms with E-state index in [9.17, 15) is 4.79 Å². The number of halogens is 2. The van der Waals surface area contributed by atoms with E-state index in [0.29, 0.717) is 16.3 Å². The van der Waals surface area contributed by atoms with E-state index in [-0.39, 0.29) is 27.8 Å². The van der Waals surface area contributed by atoms with Crippen LogP contribution in [-0.2, 0) is 0 Å². The van der Waals surface area contributed by atoms with E-state index >= 15 is 0 Å². The summed E-state index contributed by atoms with van der Waals surface area (Å²) in [5, 5.41) is 3.54. The molecule has 0 heterocycles. The number of rotatable bonds is 2. The van der Waals surface area contributed by atoms with Crippen LogP contribution in [0.2, 0.25) is 10.0 Å². The summed E-state index contributed by atoms with van der Waals surface area (Å²) in [7, 11) is 0. The molecule has 3 nitrogen and oxygen atoms in total. The minimum Gasteiger partial charge on any atom is -0.399 e. The maximum Gasteiger partial charge on any atom is 0.253 e. The Morgan fingerprint density at radius 2 is 1.74 bits per heavy atom. The van der Waals surface area contributed by atoms with E-state index in [1.807, 2.05) is 0 Å². The van der Waals surface area contributed by atoms with E-state index in [4.69, 9.17) is 28.9 Å². The fourth-order valence-electron chi connectivity index (χ4n) is 2.54. The molecule has 0 spiro atoms. The molecule has 1 saturated carbocycles. The maximum atomic E-state index is 12.3. The Labute approximate surface area is 123 Å². The highest BCUT2D eigenvalue weighted by atomic mass is 35.5. The summed E-state index contributed by atoms with van der Waals surface area (Å²) in [4.78, 5) is 12.3. The zero-order valence-corrected chi connectivity index (χ0v) is 13.0. The number of nitrogens with two attached hydrogens (primary N) is 1. The van der Waals surface area contributed by atoms with Crippen LogP contribution in [0.3, 0.4) is 0 Å². The Morgan fingerprint density at radius 1 is 1.21 bits per heavy atom. The number of carbonyl (C=O) groups excluding carboxylic acids is 1. The fourth-order valence-corrected chi connectivity index (χ4v) is 2.96. The van der Waals surface area contributed by atoms with Gasteiger partial charge in [0.2, 0.25) is 0 Å². The Morgan fingerprint density at radius 3 is 2.21 bits per heavy atom. The van der Waals surface area contributed by atoms with Crippen LogP contribution in [-0.4, -0.2) is 11.9 Å². The average molecular weight is 301 g/mol. The first-order valence-electron chi connectivity index (χ1n) is 6.14. The second kappa shape index (κ2) is 4.29. The molecule has 19 heavy (non-hydrogen) atoms. The van der Waals surface area contributed by atoms with E-state index < -0.39 is 0 Å². The van der Waals surface area contributed by atoms with Gasteiger partial charge < -0.3 is 11.1 Å². The highest BCUT2D eigenvalue weighted by Crippen LogP contribution is 2.62. The summed E-state index contributed by atoms with van der Waals surface area (Å²) in [6.45, 7) is 8.52. The van der Waals surface area contributed by atoms with Crippen LogP contribution < -0.4 is 11.1 Å². The molecule has 1 amide bonds. The Hall–Kier alpha value is -0.930. The predicted molar refractivity (Wildman–Crippen MR) is 79.7 cm³/mol. The van der Waals surface area contributed by atoms with Crippen LogP contribution in [0.25, 0.3) is 0 Å². The molecule has 1 aliphatic rings. The van der Waals surface area contributed by atoms with Crippen molar-refractivity contribution in [3.8, 4) is 0 Å². The van der Waals surface area contributed by atoms with Crippen molar-refractivity contribution in [1.82, 2.24) is 5.32 Å². The van der Waals surface area contributed by atoms with E-state index in [1.165, 1.54) is 6.07 Å². The quantitative estimate of drug-likeness (QED) is 0.818. The van der Waals surface area contributed by atoms with Crippen LogP contribution in [0.5, 0.6) is 0 Å². The molecule has 104 valence electrons. The fraction of sp³-hybridized carbons (Fsp3) is 0.500. The number of hydrogen-bond donors (Lipinski definition) is 2. The highest BCUT2D eigenvalue weighted by Gasteiger charge is 2.65. The number of amides is 1. The van der Waals surface area contributed by atoms with Gasteiger partial charge in [0, 0.05) is 11.7 Å². The zero-order chi connectivity index (χ0) is 14.6. The van der Waals surface area contributed by atoms with Gasteiger partial charge in [-0.25, -0.2) is 0 Å². The molecule has 0 radical (unpaired) electrons. The van der Waals surface area contributed by atoms with Crippen molar-refractivity contribution in [2.24, 2.45) is 10.8 Å². The molecule has 1 aliphatic carbocycles. The summed E-state index contributed by atoms with van der Waals surface area (Å²) < 4.78 is 0. The Bertz CT molecular complexity index is 539. The van der Waals surface area contributed by atoms with Crippen LogP contribution in [0.1, 0.15) is 38.1 Å². The predicted octanol–water partition coefficient (Wildman–Crippen LogP) is 3.74. The summed E-state index contributed by atoms with van der Waals surface area (Å²) in [6, 6.07) is 3.20. The van der Waals surface area contributed by atoms with Crippen molar-refractivity contribution < 1.29 is 4.79 Å². The molecule has 0 aromatic heterocycles. The lowest BCUT2D eigenvalue weighted by Gasteiger charge is -2.10. The molecule has 0 bridgehead atoms. The van der Waals surface area contributed by atoms with Crippen LogP contribution in [0.4, 0.5) is 5.69 Å². The summed E-state index contributed by atoms with van der Waals surface area (Å²) in [6.07, 6.45) is 0. The van der Waals surface area contributed by atoms with E-state index in [0.717, 1.165) is 0 Å². The molecule has 0 saturated heterocycles. The van der Waals surface area contributed by atoms with E-state index in [1.54, 1.807) is 6.07 Å². The van der Waals surface area contributed by atoms with Crippen molar-refractivity contribution in [3.05, 3.63) is 27.7 Å². The van der Waals surface area contributed by atoms with Gasteiger partial charge >= 0.3 is 0 Å². The second-order valence-electron chi connectivity index (χ2n) is 6.21. The molecule has 0 unspecified atom stereocenters. The molecular formula is C14H18Cl2N2O. The third-order valence-corrected chi connectivity index (χ3v) is 5.39. The number of carbonyl (C=O) groups is 1. The molecule has 1 aromatic rings. The average Bonchev–Trinajstić information content (AvgIpc) is 2.66. The van der Waals surface area contributed by atoms with Gasteiger partial charge in [-0.2, -0.15) is 0 Å². The standard InChI is InChI=1S/C14H18Cl2N2O/c1-13(2)12(14(13,3)4)18-11(19)8-5-7(17)6-9(15)10(8)16/h5-6,12H,17H2,1-4H3,(H,18,19). The molecular weight excluding hydrogens is 283 g/mol. The minimum atomic E-state index is -0.233. The number of anilines is 1. The van der Waals surface area contributed by atoms with Crippen molar-refractivity contribution in [2.75, 3.05) is 5.73 Å². The van der Waals surface area contributed by atoms with Crippen LogP contribution in [0.15, 0.2) is 12.1 Å². The Kier molecular flexibility index (Phi) is 3.27. The molecule has 5 heteroatoms. The monoisotopic (exact) mass is 300 g/mol. The smallest absolute Gasteiger partial charge is 0.253 e. The Balaban J connectivity index is 2.24. The third-order valence-electron chi connectivity index (χ3n) is 4.59. The molecule has 0 aliphatic heterocycles. The maximum absolute atomic E-state index is 12.3. The SMILES string of the molecule is CC1(C)C(NC(=O)c2cc(N)cc(Cl)c2Cl)C1(C)C. The number of benzene rings is 1. The molecule has 1 aromatic carbocycles. The van der Waals surface area contributed by atoms with Crippen molar-refractivity contribution in [2.45, 2.75) is 33.7 Å². The lowest BCUT2D eigenvalue weighted by atomic mass is 10.0. The van der Waals surface area contributed by atoms with Gasteiger partial charge in [0.25, 0.3) is 5.91 Å². The van der Waals surface area contributed by atoms with Gasteiger partial charge in [-0.3, -0.25) is 4.79 Å². The van der Waals surface area contributed by atoms with Crippen LogP contribution >= 0.6 is 23.2 Å². The summed E-state index contributed by atoms with van der Waals surface area (Å²) in [5.74, 6) is -0.233. The number of hydrogen-bond acceptors (Lipinski definition) is 2. The summed E-state index contributed by atoms with van der Waals surface area (Å²) >= 11 is 12.0. The second-order valence-corrected chi connectivity index (χ2v) is 7.00. The minimum absolute atomic E-state index is 0.0687. The first-order valence-corrected chi connectivity index (χ1v) is 6.90. The highest BCUT2D eigenvalue weighted by molar-refractivity contribution is 6.44. The number of nitrogen functional groups attached to an aromatic ring is 1. The van der Waals surface area contributed by atoms with Crippen molar-refractivity contribution in [3.63, 3.8) is 0 Å². The topological polar surface area (TPSA) is 55.1 Å². The van der Waals surface area contributed by atoms with Gasteiger partial charge in [-0.1, -0.05) is 50.9 Å². The molecule has 2 rings (SSSR count). The molecule has 3 N–H and O–H groups in total. The van der Waals surface area contributed by atoms with Gasteiger partial charge in [-0.05, 0) is 23.0 Å². The molecule has 1 fully saturated rings. The summed E-state index contributed by atoms with van der Waals surface area (Å²) in [5.41, 5.74) is 6.58. The third kappa shape index (κ3) is 2.19. The van der Waals surface area contributed by atoms with E-state index in [2.05, 4.69) is 33.0 Å². The zero-order valence-electron chi connectivity index (χ0n) is 11.5. The first kappa shape index (κ1) is 14.5. The van der Waals surface area contributed by atoms with Crippen molar-refractivity contribution in [1.29, 1.82) is 0 Å². The number of nitrogens with one attached hydrogen (secondary N) is 1. The lowest BCUT2D eigenvalue weighted by Crippen LogP contribution is -2.30. The van der Waals surface area contributed by atoms with Gasteiger partial charge in [0.1, 0.15) is 0 Å². The van der Waals surface area contributed by atoms with Gasteiger partial charge in [0.15, 0.2) is 0 Å². The normalized spacial score (nSPS) is 20.1. The van der Waals surface area contributed by atoms with Gasteiger partial charge in [-0.15, -0.1) is 0 Å². The van der Waals surface area contributed by atoms with Gasteiger partial charge in [0.05, 0.1) is 15.6 Å². The molecule has 0 atom stereocenters. The lowest BCUT2D eigenvalue weighted by molar-refractivity contribution is 0.0944. The van der Waals surface area contributed by atoms with Crippen LogP contribution in [0, 0.1) is 10.8 Å². The van der Waals surface area contributed by atoms with Crippen molar-refractivity contribution >= 4 is 34.8 Å². The largest absolute Gasteiger partial charge is 0.399 e.